The Bertz CT molecular complexity index is 441. The molecule has 0 saturated carbocycles. The predicted molar refractivity (Wildman–Crippen MR) is 64.2 cm³/mol. The molecule has 1 aliphatic heterocycles. The fourth-order valence-corrected chi connectivity index (χ4v) is 3.33. The van der Waals surface area contributed by atoms with Crippen LogP contribution < -0.4 is 0 Å². The van der Waals surface area contributed by atoms with Gasteiger partial charge >= 0.3 is 0 Å². The van der Waals surface area contributed by atoms with Crippen molar-refractivity contribution in [3.05, 3.63) is 16.0 Å². The van der Waals surface area contributed by atoms with E-state index in [9.17, 15) is 0 Å². The third kappa shape index (κ3) is 1.84. The molecular formula is C10H11BrN2OS. The third-order valence-electron chi connectivity index (χ3n) is 2.64. The van der Waals surface area contributed by atoms with Crippen LogP contribution in [-0.2, 0) is 4.74 Å². The van der Waals surface area contributed by atoms with E-state index in [1.165, 1.54) is 18.2 Å². The lowest BCUT2D eigenvalue weighted by atomic mass is 10.2. The van der Waals surface area contributed by atoms with Crippen molar-refractivity contribution in [1.82, 2.24) is 9.78 Å². The summed E-state index contributed by atoms with van der Waals surface area (Å²) in [4.78, 5) is 1.08. The highest BCUT2D eigenvalue weighted by atomic mass is 79.9. The number of ether oxygens (including phenoxy) is 1. The summed E-state index contributed by atoms with van der Waals surface area (Å²) in [6.07, 6.45) is 5.72. The van der Waals surface area contributed by atoms with Crippen LogP contribution in [-0.4, -0.2) is 16.4 Å². The van der Waals surface area contributed by atoms with Crippen LogP contribution in [0, 0.1) is 0 Å². The summed E-state index contributed by atoms with van der Waals surface area (Å²) in [7, 11) is 0. The lowest BCUT2D eigenvalue weighted by molar-refractivity contribution is -0.0390. The fourth-order valence-electron chi connectivity index (χ4n) is 1.89. The van der Waals surface area contributed by atoms with Gasteiger partial charge in [-0.25, -0.2) is 4.68 Å². The summed E-state index contributed by atoms with van der Waals surface area (Å²) in [6, 6.07) is 2.10. The van der Waals surface area contributed by atoms with E-state index in [0.717, 1.165) is 21.6 Å². The van der Waals surface area contributed by atoms with E-state index in [0.29, 0.717) is 0 Å². The molecule has 0 bridgehead atoms. The molecule has 3 heterocycles. The molecule has 15 heavy (non-hydrogen) atoms. The summed E-state index contributed by atoms with van der Waals surface area (Å²) < 4.78 is 8.79. The molecule has 5 heteroatoms. The van der Waals surface area contributed by atoms with Crippen LogP contribution in [0.5, 0.6) is 0 Å². The number of aromatic nitrogens is 2. The fraction of sp³-hybridized carbons (Fsp3) is 0.500. The molecule has 2 aromatic rings. The van der Waals surface area contributed by atoms with Gasteiger partial charge in [0.05, 0.1) is 3.79 Å². The number of halogens is 1. The Morgan fingerprint density at radius 3 is 3.20 bits per heavy atom. The zero-order chi connectivity index (χ0) is 10.3. The van der Waals surface area contributed by atoms with E-state index in [-0.39, 0.29) is 6.23 Å². The Morgan fingerprint density at radius 1 is 1.53 bits per heavy atom. The summed E-state index contributed by atoms with van der Waals surface area (Å²) in [6.45, 7) is 0.863. The normalized spacial score (nSPS) is 22.3. The first-order valence-electron chi connectivity index (χ1n) is 5.09. The highest BCUT2D eigenvalue weighted by Gasteiger charge is 2.17. The van der Waals surface area contributed by atoms with Crippen molar-refractivity contribution in [3.63, 3.8) is 0 Å². The lowest BCUT2D eigenvalue weighted by Gasteiger charge is -2.22. The summed E-state index contributed by atoms with van der Waals surface area (Å²) in [5.74, 6) is 0. The van der Waals surface area contributed by atoms with Crippen molar-refractivity contribution in [2.75, 3.05) is 6.61 Å². The zero-order valence-corrected chi connectivity index (χ0v) is 10.6. The molecule has 3 nitrogen and oxygen atoms in total. The Morgan fingerprint density at radius 2 is 2.47 bits per heavy atom. The lowest BCUT2D eigenvalue weighted by Crippen LogP contribution is -2.18. The molecule has 1 aliphatic rings. The van der Waals surface area contributed by atoms with E-state index in [1.54, 1.807) is 11.3 Å². The maximum Gasteiger partial charge on any atom is 0.150 e. The van der Waals surface area contributed by atoms with Crippen LogP contribution >= 0.6 is 27.3 Å². The number of fused-ring (bicyclic) bond motifs is 1. The van der Waals surface area contributed by atoms with Gasteiger partial charge in [0.25, 0.3) is 0 Å². The SMILES string of the molecule is Brc1cc2cn(C3CCCCO3)nc2s1. The van der Waals surface area contributed by atoms with Crippen molar-refractivity contribution in [2.45, 2.75) is 25.5 Å². The molecule has 0 radical (unpaired) electrons. The average Bonchev–Trinajstić information content (AvgIpc) is 2.76. The number of rotatable bonds is 1. The Balaban J connectivity index is 1.93. The summed E-state index contributed by atoms with van der Waals surface area (Å²) in [5.41, 5.74) is 0. The molecule has 3 rings (SSSR count). The van der Waals surface area contributed by atoms with Crippen LogP contribution in [0.25, 0.3) is 10.2 Å². The molecule has 1 fully saturated rings. The highest BCUT2D eigenvalue weighted by Crippen LogP contribution is 2.30. The predicted octanol–water partition coefficient (Wildman–Crippen LogP) is 3.56. The van der Waals surface area contributed by atoms with Crippen molar-refractivity contribution in [3.8, 4) is 0 Å². The van der Waals surface area contributed by atoms with Crippen molar-refractivity contribution >= 4 is 37.5 Å². The van der Waals surface area contributed by atoms with E-state index in [4.69, 9.17) is 4.74 Å². The molecule has 1 unspecified atom stereocenters. The van der Waals surface area contributed by atoms with Gasteiger partial charge in [-0.1, -0.05) is 0 Å². The minimum Gasteiger partial charge on any atom is -0.357 e. The second-order valence-corrected chi connectivity index (χ2v) is 6.15. The molecular weight excluding hydrogens is 276 g/mol. The van der Waals surface area contributed by atoms with Crippen molar-refractivity contribution < 1.29 is 4.74 Å². The zero-order valence-electron chi connectivity index (χ0n) is 8.15. The first-order valence-corrected chi connectivity index (χ1v) is 6.70. The van der Waals surface area contributed by atoms with E-state index in [1.807, 2.05) is 4.68 Å². The van der Waals surface area contributed by atoms with Gasteiger partial charge in [-0.05, 0) is 41.3 Å². The Kier molecular flexibility index (Phi) is 2.54. The van der Waals surface area contributed by atoms with Crippen LogP contribution in [0.15, 0.2) is 16.0 Å². The van der Waals surface area contributed by atoms with Gasteiger partial charge in [0.15, 0.2) is 0 Å². The molecule has 2 aromatic heterocycles. The molecule has 1 atom stereocenters. The summed E-state index contributed by atoms with van der Waals surface area (Å²) >= 11 is 5.13. The second-order valence-electron chi connectivity index (χ2n) is 3.74. The van der Waals surface area contributed by atoms with Gasteiger partial charge in [-0.15, -0.1) is 11.3 Å². The van der Waals surface area contributed by atoms with Gasteiger partial charge in [0.2, 0.25) is 0 Å². The third-order valence-corrected chi connectivity index (χ3v) is 4.18. The van der Waals surface area contributed by atoms with Crippen molar-refractivity contribution in [2.24, 2.45) is 0 Å². The maximum atomic E-state index is 5.69. The van der Waals surface area contributed by atoms with Gasteiger partial charge in [0.1, 0.15) is 11.1 Å². The minimum atomic E-state index is 0.150. The Hall–Kier alpha value is -0.390. The van der Waals surface area contributed by atoms with Crippen LogP contribution in [0.1, 0.15) is 25.5 Å². The minimum absolute atomic E-state index is 0.150. The van der Waals surface area contributed by atoms with E-state index in [2.05, 4.69) is 33.3 Å². The van der Waals surface area contributed by atoms with Crippen LogP contribution in [0.4, 0.5) is 0 Å². The summed E-state index contributed by atoms with van der Waals surface area (Å²) in [5, 5.41) is 5.73. The topological polar surface area (TPSA) is 27.1 Å². The highest BCUT2D eigenvalue weighted by molar-refractivity contribution is 9.11. The van der Waals surface area contributed by atoms with E-state index >= 15 is 0 Å². The first kappa shape index (κ1) is 9.81. The van der Waals surface area contributed by atoms with Gasteiger partial charge < -0.3 is 4.74 Å². The van der Waals surface area contributed by atoms with Gasteiger partial charge in [-0.3, -0.25) is 0 Å². The second kappa shape index (κ2) is 3.88. The Labute approximate surface area is 100 Å². The van der Waals surface area contributed by atoms with Crippen LogP contribution in [0.3, 0.4) is 0 Å². The van der Waals surface area contributed by atoms with Crippen LogP contribution in [0.2, 0.25) is 0 Å². The molecule has 0 aromatic carbocycles. The van der Waals surface area contributed by atoms with Gasteiger partial charge in [-0.2, -0.15) is 5.10 Å². The largest absolute Gasteiger partial charge is 0.357 e. The number of thiophene rings is 1. The quantitative estimate of drug-likeness (QED) is 0.802. The van der Waals surface area contributed by atoms with Crippen molar-refractivity contribution in [1.29, 1.82) is 0 Å². The standard InChI is InChI=1S/C10H11BrN2OS/c11-8-5-7-6-13(12-10(7)15-8)9-3-1-2-4-14-9/h5-6,9H,1-4H2. The monoisotopic (exact) mass is 286 g/mol. The number of hydrogen-bond donors (Lipinski definition) is 0. The number of nitrogens with zero attached hydrogens (tertiary/aromatic N) is 2. The molecule has 0 N–H and O–H groups in total. The maximum absolute atomic E-state index is 5.69. The smallest absolute Gasteiger partial charge is 0.150 e. The average molecular weight is 287 g/mol. The molecule has 80 valence electrons. The van der Waals surface area contributed by atoms with E-state index < -0.39 is 0 Å². The molecule has 0 spiro atoms. The molecule has 0 amide bonds. The first-order chi connectivity index (χ1) is 7.33. The molecule has 0 aliphatic carbocycles. The van der Waals surface area contributed by atoms with Gasteiger partial charge in [0, 0.05) is 18.2 Å². The molecule has 1 saturated heterocycles. The number of hydrogen-bond acceptors (Lipinski definition) is 3.